The second kappa shape index (κ2) is 15.0. The molecule has 0 bridgehead atoms. The van der Waals surface area contributed by atoms with Crippen molar-refractivity contribution in [1.82, 2.24) is 0 Å². The van der Waals surface area contributed by atoms with E-state index < -0.39 is 10.1 Å². The normalized spacial score (nSPS) is 13.3. The Balaban J connectivity index is 2.17. The third-order valence-corrected chi connectivity index (χ3v) is 12.8. The van der Waals surface area contributed by atoms with Gasteiger partial charge in [0.1, 0.15) is 29.6 Å². The average molecular weight is 1060 g/mol. The topological polar surface area (TPSA) is 72.8 Å². The van der Waals surface area contributed by atoms with Gasteiger partial charge in [0, 0.05) is 16.2 Å². The zero-order valence-corrected chi connectivity index (χ0v) is 32.5. The van der Waals surface area contributed by atoms with Crippen molar-refractivity contribution in [2.24, 2.45) is 0 Å². The van der Waals surface area contributed by atoms with Crippen LogP contribution in [0.3, 0.4) is 0 Å². The molecule has 0 radical (unpaired) electrons. The molecule has 2 atom stereocenters. The van der Waals surface area contributed by atoms with Crippen molar-refractivity contribution in [3.05, 3.63) is 60.4 Å². The number of alkyl halides is 4. The van der Waals surface area contributed by atoms with Crippen LogP contribution in [-0.2, 0) is 10.1 Å². The maximum atomic E-state index is 12.5. The minimum absolute atomic E-state index is 0.108. The molecule has 0 aromatic heterocycles. The minimum Gasteiger partial charge on any atom is -0.490 e. The van der Waals surface area contributed by atoms with Crippen molar-refractivity contribution in [2.45, 2.75) is 14.5 Å². The van der Waals surface area contributed by atoms with Gasteiger partial charge in [-0.25, -0.2) is 0 Å². The second-order valence-electron chi connectivity index (χ2n) is 7.82. The first kappa shape index (κ1) is 33.5. The van der Waals surface area contributed by atoms with E-state index in [2.05, 4.69) is 127 Å². The van der Waals surface area contributed by atoms with Gasteiger partial charge in [-0.3, -0.25) is 4.55 Å². The lowest BCUT2D eigenvalue weighted by Gasteiger charge is -2.19. The number of halogens is 8. The van der Waals surface area contributed by atoms with Crippen LogP contribution < -0.4 is 9.47 Å². The lowest BCUT2D eigenvalue weighted by atomic mass is 9.94. The highest BCUT2D eigenvalue weighted by Crippen LogP contribution is 2.45. The Morgan fingerprint density at radius 1 is 0.737 bits per heavy atom. The molecule has 2 unspecified atom stereocenters. The maximum absolute atomic E-state index is 12.5. The van der Waals surface area contributed by atoms with Gasteiger partial charge in [-0.2, -0.15) is 8.42 Å². The molecule has 3 aromatic rings. The van der Waals surface area contributed by atoms with Crippen LogP contribution in [0, 0.1) is 0 Å². The van der Waals surface area contributed by atoms with Crippen LogP contribution in [0.25, 0.3) is 22.3 Å². The third-order valence-electron chi connectivity index (χ3n) is 5.05. The van der Waals surface area contributed by atoms with Crippen molar-refractivity contribution < 1.29 is 22.4 Å². The fraction of sp³-hybridized carbons (Fsp3) is 0.250. The molecule has 0 heterocycles. The molecular formula is C24H18Br8O5S. The molecular weight excluding hydrogens is 1040 g/mol. The molecule has 0 aliphatic carbocycles. The highest BCUT2D eigenvalue weighted by Gasteiger charge is 2.24. The first-order chi connectivity index (χ1) is 17.9. The first-order valence-corrected chi connectivity index (χ1v) is 19.3. The number of hydrogen-bond donors (Lipinski definition) is 1. The van der Waals surface area contributed by atoms with Gasteiger partial charge in [-0.05, 0) is 111 Å². The van der Waals surface area contributed by atoms with Crippen molar-refractivity contribution in [2.75, 3.05) is 23.9 Å². The van der Waals surface area contributed by atoms with E-state index in [9.17, 15) is 13.0 Å². The van der Waals surface area contributed by atoms with Crippen LogP contribution in [-0.4, -0.2) is 46.5 Å². The van der Waals surface area contributed by atoms with Crippen molar-refractivity contribution in [3.63, 3.8) is 0 Å². The number of hydrogen-bond acceptors (Lipinski definition) is 4. The van der Waals surface area contributed by atoms with E-state index in [-0.39, 0.29) is 14.5 Å². The minimum atomic E-state index is -4.55. The standard InChI is InChI=1S/C24H18Br8O5S/c25-8-14(27)10-36-23-17(29)4-12(5-18(23)30)16-2-1-3-21(38(33,34)35)22(16)13-6-19(31)24(20(32)7-13)37-11-15(28)9-26/h1-7,14-15H,8-11H2,(H,33,34,35). The van der Waals surface area contributed by atoms with Gasteiger partial charge in [-0.15, -0.1) is 0 Å². The maximum Gasteiger partial charge on any atom is 0.295 e. The largest absolute Gasteiger partial charge is 0.490 e. The van der Waals surface area contributed by atoms with Gasteiger partial charge < -0.3 is 9.47 Å². The van der Waals surface area contributed by atoms with Gasteiger partial charge in [0.2, 0.25) is 0 Å². The molecule has 0 spiro atoms. The molecule has 0 saturated carbocycles. The molecule has 0 amide bonds. The second-order valence-corrected chi connectivity index (χ2v) is 16.5. The highest BCUT2D eigenvalue weighted by molar-refractivity contribution is 9.12. The van der Waals surface area contributed by atoms with Crippen molar-refractivity contribution >= 4 is 138 Å². The van der Waals surface area contributed by atoms with E-state index in [1.54, 1.807) is 24.3 Å². The van der Waals surface area contributed by atoms with Gasteiger partial charge in [0.15, 0.2) is 0 Å². The van der Waals surface area contributed by atoms with E-state index >= 15 is 0 Å². The van der Waals surface area contributed by atoms with E-state index in [1.807, 2.05) is 12.1 Å². The Morgan fingerprint density at radius 2 is 1.16 bits per heavy atom. The molecule has 0 aliphatic heterocycles. The van der Waals surface area contributed by atoms with Gasteiger partial charge in [-0.1, -0.05) is 75.9 Å². The fourth-order valence-electron chi connectivity index (χ4n) is 3.42. The van der Waals surface area contributed by atoms with E-state index in [4.69, 9.17) is 9.47 Å². The monoisotopic (exact) mass is 1050 g/mol. The lowest BCUT2D eigenvalue weighted by Crippen LogP contribution is -2.13. The molecule has 1 N–H and O–H groups in total. The number of rotatable bonds is 11. The molecule has 0 saturated heterocycles. The quantitative estimate of drug-likeness (QED) is 0.153. The van der Waals surface area contributed by atoms with Gasteiger partial charge in [0.05, 0.1) is 27.5 Å². The lowest BCUT2D eigenvalue weighted by molar-refractivity contribution is 0.321. The molecule has 38 heavy (non-hydrogen) atoms. The van der Waals surface area contributed by atoms with Crippen LogP contribution in [0.5, 0.6) is 11.5 Å². The summed E-state index contributed by atoms with van der Waals surface area (Å²) >= 11 is 28.2. The predicted molar refractivity (Wildman–Crippen MR) is 182 cm³/mol. The van der Waals surface area contributed by atoms with E-state index in [1.165, 1.54) is 6.07 Å². The SMILES string of the molecule is O=S(=O)(O)c1cccc(-c2cc(Br)c(OCC(Br)CBr)c(Br)c2)c1-c1cc(Br)c(OCC(Br)CBr)c(Br)c1. The van der Waals surface area contributed by atoms with E-state index in [0.717, 1.165) is 5.33 Å². The summed E-state index contributed by atoms with van der Waals surface area (Å²) in [5.74, 6) is 1.19. The Labute approximate surface area is 289 Å². The highest BCUT2D eigenvalue weighted by atomic mass is 79.9. The van der Waals surface area contributed by atoms with Crippen LogP contribution in [0.15, 0.2) is 65.3 Å². The summed E-state index contributed by atoms with van der Waals surface area (Å²) in [6, 6.07) is 12.0. The third kappa shape index (κ3) is 8.53. The molecule has 3 aromatic carbocycles. The smallest absolute Gasteiger partial charge is 0.295 e. The van der Waals surface area contributed by atoms with Crippen LogP contribution in [0.1, 0.15) is 0 Å². The molecule has 5 nitrogen and oxygen atoms in total. The summed E-state index contributed by atoms with van der Waals surface area (Å²) in [6.07, 6.45) is 0. The molecule has 14 heteroatoms. The van der Waals surface area contributed by atoms with Crippen molar-refractivity contribution in [1.29, 1.82) is 0 Å². The van der Waals surface area contributed by atoms with Gasteiger partial charge in [0.25, 0.3) is 10.1 Å². The summed E-state index contributed by atoms with van der Waals surface area (Å²) in [6.45, 7) is 0.851. The number of ether oxygens (including phenoxy) is 2. The summed E-state index contributed by atoms with van der Waals surface area (Å²) in [5.41, 5.74) is 2.20. The Bertz CT molecular complexity index is 1370. The van der Waals surface area contributed by atoms with Crippen LogP contribution >= 0.6 is 127 Å². The summed E-state index contributed by atoms with van der Waals surface area (Å²) in [7, 11) is -4.55. The molecule has 206 valence electrons. The summed E-state index contributed by atoms with van der Waals surface area (Å²) in [4.78, 5) is 0.0219. The number of benzene rings is 3. The molecule has 3 rings (SSSR count). The first-order valence-electron chi connectivity index (χ1n) is 10.6. The summed E-state index contributed by atoms with van der Waals surface area (Å²) in [5, 5.41) is 1.45. The predicted octanol–water partition coefficient (Wildman–Crippen LogP) is 10.4. The average Bonchev–Trinajstić information content (AvgIpc) is 2.86. The Kier molecular flexibility index (Phi) is 13.2. The van der Waals surface area contributed by atoms with Crippen LogP contribution in [0.4, 0.5) is 0 Å². The fourth-order valence-corrected chi connectivity index (χ4v) is 7.62. The van der Waals surface area contributed by atoms with E-state index in [0.29, 0.717) is 70.2 Å². The Hall–Kier alpha value is 1.01. The molecule has 0 fully saturated rings. The molecule has 0 aliphatic rings. The summed E-state index contributed by atoms with van der Waals surface area (Å²) < 4.78 is 49.6. The zero-order chi connectivity index (χ0) is 28.2. The van der Waals surface area contributed by atoms with Gasteiger partial charge >= 0.3 is 0 Å². The van der Waals surface area contributed by atoms with Crippen LogP contribution in [0.2, 0.25) is 0 Å². The van der Waals surface area contributed by atoms with Crippen molar-refractivity contribution in [3.8, 4) is 33.8 Å². The Morgan fingerprint density at radius 3 is 1.55 bits per heavy atom. The zero-order valence-electron chi connectivity index (χ0n) is 19.0.